The summed E-state index contributed by atoms with van der Waals surface area (Å²) in [6.45, 7) is 1.93. The molecule has 0 aliphatic rings. The summed E-state index contributed by atoms with van der Waals surface area (Å²) in [4.78, 5) is 12.9. The molecular formula is C13H10Cl2OS. The van der Waals surface area contributed by atoms with Crippen molar-refractivity contribution in [1.82, 2.24) is 0 Å². The molecule has 0 aliphatic heterocycles. The first-order chi connectivity index (χ1) is 8.08. The van der Waals surface area contributed by atoms with E-state index in [2.05, 4.69) is 0 Å². The van der Waals surface area contributed by atoms with Crippen molar-refractivity contribution in [3.8, 4) is 0 Å². The fourth-order valence-corrected chi connectivity index (χ4v) is 2.84. The van der Waals surface area contributed by atoms with E-state index < -0.39 is 0 Å². The lowest BCUT2D eigenvalue weighted by Gasteiger charge is -2.04. The summed E-state index contributed by atoms with van der Waals surface area (Å²) in [6.07, 6.45) is 0.292. The molecule has 88 valence electrons. The average Bonchev–Trinajstić information content (AvgIpc) is 2.70. The Morgan fingerprint density at radius 3 is 2.71 bits per heavy atom. The van der Waals surface area contributed by atoms with Gasteiger partial charge in [0.25, 0.3) is 0 Å². The third-order valence-electron chi connectivity index (χ3n) is 2.47. The van der Waals surface area contributed by atoms with Crippen LogP contribution in [0.15, 0.2) is 29.6 Å². The Balaban J connectivity index is 2.24. The fourth-order valence-electron chi connectivity index (χ4n) is 1.59. The molecule has 0 N–H and O–H groups in total. The Labute approximate surface area is 114 Å². The van der Waals surface area contributed by atoms with E-state index in [1.165, 1.54) is 11.3 Å². The first-order valence-electron chi connectivity index (χ1n) is 5.09. The van der Waals surface area contributed by atoms with Crippen molar-refractivity contribution in [3.63, 3.8) is 0 Å². The summed E-state index contributed by atoms with van der Waals surface area (Å²) >= 11 is 13.4. The zero-order valence-electron chi connectivity index (χ0n) is 9.17. The normalized spacial score (nSPS) is 10.5. The quantitative estimate of drug-likeness (QED) is 0.741. The Bertz CT molecular complexity index is 560. The lowest BCUT2D eigenvalue weighted by Crippen LogP contribution is -2.03. The van der Waals surface area contributed by atoms with Crippen molar-refractivity contribution in [3.05, 3.63) is 55.7 Å². The molecule has 0 saturated heterocycles. The van der Waals surface area contributed by atoms with Gasteiger partial charge in [-0.15, -0.1) is 11.3 Å². The van der Waals surface area contributed by atoms with Crippen LogP contribution in [0.5, 0.6) is 0 Å². The first kappa shape index (κ1) is 12.6. The molecular weight excluding hydrogens is 275 g/mol. The standard InChI is InChI=1S/C13H10Cl2OS/c1-8-4-5-17-13(8)12(16)7-9-6-10(14)2-3-11(9)15/h2-6H,7H2,1H3. The van der Waals surface area contributed by atoms with Crippen molar-refractivity contribution >= 4 is 40.3 Å². The van der Waals surface area contributed by atoms with Crippen LogP contribution >= 0.6 is 34.5 Å². The minimum atomic E-state index is 0.0849. The van der Waals surface area contributed by atoms with Crippen molar-refractivity contribution in [2.75, 3.05) is 0 Å². The van der Waals surface area contributed by atoms with E-state index in [1.54, 1.807) is 18.2 Å². The van der Waals surface area contributed by atoms with Gasteiger partial charge in [0.2, 0.25) is 0 Å². The molecule has 4 heteroatoms. The minimum absolute atomic E-state index is 0.0849. The molecule has 0 saturated carbocycles. The van der Waals surface area contributed by atoms with E-state index >= 15 is 0 Å². The molecule has 2 rings (SSSR count). The molecule has 1 aromatic carbocycles. The maximum Gasteiger partial charge on any atom is 0.177 e. The van der Waals surface area contributed by atoms with Gasteiger partial charge < -0.3 is 0 Å². The first-order valence-corrected chi connectivity index (χ1v) is 6.72. The minimum Gasteiger partial charge on any atom is -0.293 e. The van der Waals surface area contributed by atoms with E-state index in [0.29, 0.717) is 16.5 Å². The molecule has 0 aliphatic carbocycles. The zero-order valence-corrected chi connectivity index (χ0v) is 11.5. The monoisotopic (exact) mass is 284 g/mol. The van der Waals surface area contributed by atoms with Gasteiger partial charge >= 0.3 is 0 Å². The highest BCUT2D eigenvalue weighted by atomic mass is 35.5. The van der Waals surface area contributed by atoms with E-state index in [-0.39, 0.29) is 5.78 Å². The Morgan fingerprint density at radius 1 is 1.29 bits per heavy atom. The predicted octanol–water partition coefficient (Wildman–Crippen LogP) is 4.79. The van der Waals surface area contributed by atoms with Crippen LogP contribution in [0.3, 0.4) is 0 Å². The number of halogens is 2. The number of Topliss-reactive ketones (excluding diaryl/α,β-unsaturated/α-hetero) is 1. The van der Waals surface area contributed by atoms with Crippen LogP contribution in [0.25, 0.3) is 0 Å². The highest BCUT2D eigenvalue weighted by Crippen LogP contribution is 2.24. The van der Waals surface area contributed by atoms with E-state index in [1.807, 2.05) is 18.4 Å². The lowest BCUT2D eigenvalue weighted by atomic mass is 10.1. The van der Waals surface area contributed by atoms with Gasteiger partial charge in [0.15, 0.2) is 5.78 Å². The summed E-state index contributed by atoms with van der Waals surface area (Å²) in [5.41, 5.74) is 1.79. The van der Waals surface area contributed by atoms with Gasteiger partial charge in [-0.25, -0.2) is 0 Å². The molecule has 0 atom stereocenters. The third kappa shape index (κ3) is 2.89. The second-order valence-electron chi connectivity index (χ2n) is 3.77. The molecule has 0 bridgehead atoms. The summed E-state index contributed by atoms with van der Waals surface area (Å²) < 4.78 is 0. The van der Waals surface area contributed by atoms with Crippen LogP contribution in [0.4, 0.5) is 0 Å². The highest BCUT2D eigenvalue weighted by Gasteiger charge is 2.13. The number of hydrogen-bond acceptors (Lipinski definition) is 2. The van der Waals surface area contributed by atoms with Crippen LogP contribution in [-0.2, 0) is 6.42 Å². The molecule has 0 amide bonds. The zero-order chi connectivity index (χ0) is 12.4. The molecule has 0 fully saturated rings. The molecule has 1 heterocycles. The summed E-state index contributed by atoms with van der Waals surface area (Å²) in [5, 5.41) is 3.10. The van der Waals surface area contributed by atoms with Gasteiger partial charge in [0.05, 0.1) is 4.88 Å². The number of benzene rings is 1. The van der Waals surface area contributed by atoms with E-state index in [9.17, 15) is 4.79 Å². The number of carbonyl (C=O) groups excluding carboxylic acids is 1. The van der Waals surface area contributed by atoms with E-state index in [4.69, 9.17) is 23.2 Å². The second-order valence-corrected chi connectivity index (χ2v) is 5.53. The smallest absolute Gasteiger partial charge is 0.177 e. The molecule has 0 unspecified atom stereocenters. The van der Waals surface area contributed by atoms with Crippen LogP contribution in [0, 0.1) is 6.92 Å². The largest absolute Gasteiger partial charge is 0.293 e. The predicted molar refractivity (Wildman–Crippen MR) is 73.6 cm³/mol. The lowest BCUT2D eigenvalue weighted by molar-refractivity contribution is 0.0996. The Morgan fingerprint density at radius 2 is 2.06 bits per heavy atom. The maximum absolute atomic E-state index is 12.1. The SMILES string of the molecule is Cc1ccsc1C(=O)Cc1cc(Cl)ccc1Cl. The molecule has 0 spiro atoms. The van der Waals surface area contributed by atoms with Crippen LogP contribution in [0.1, 0.15) is 20.8 Å². The van der Waals surface area contributed by atoms with Gasteiger partial charge in [0.1, 0.15) is 0 Å². The molecule has 17 heavy (non-hydrogen) atoms. The number of thiophene rings is 1. The third-order valence-corrected chi connectivity index (χ3v) is 4.14. The van der Waals surface area contributed by atoms with Crippen molar-refractivity contribution in [2.24, 2.45) is 0 Å². The Hall–Kier alpha value is -0.830. The van der Waals surface area contributed by atoms with Gasteiger partial charge in [-0.2, -0.15) is 0 Å². The summed E-state index contributed by atoms with van der Waals surface area (Å²) in [7, 11) is 0. The summed E-state index contributed by atoms with van der Waals surface area (Å²) in [5.74, 6) is 0.0849. The number of rotatable bonds is 3. The number of aryl methyl sites for hydroxylation is 1. The van der Waals surface area contributed by atoms with Gasteiger partial charge in [-0.1, -0.05) is 23.2 Å². The van der Waals surface area contributed by atoms with Crippen molar-refractivity contribution in [2.45, 2.75) is 13.3 Å². The molecule has 0 radical (unpaired) electrons. The van der Waals surface area contributed by atoms with Crippen LogP contribution in [-0.4, -0.2) is 5.78 Å². The number of ketones is 1. The Kier molecular flexibility index (Phi) is 3.87. The summed E-state index contributed by atoms with van der Waals surface area (Å²) in [6, 6.07) is 7.12. The van der Waals surface area contributed by atoms with Crippen LogP contribution < -0.4 is 0 Å². The van der Waals surface area contributed by atoms with Gasteiger partial charge in [0, 0.05) is 16.5 Å². The van der Waals surface area contributed by atoms with Crippen molar-refractivity contribution in [1.29, 1.82) is 0 Å². The highest BCUT2D eigenvalue weighted by molar-refractivity contribution is 7.12. The maximum atomic E-state index is 12.1. The average molecular weight is 285 g/mol. The molecule has 1 aromatic heterocycles. The molecule has 1 nitrogen and oxygen atoms in total. The topological polar surface area (TPSA) is 17.1 Å². The van der Waals surface area contributed by atoms with E-state index in [0.717, 1.165) is 16.0 Å². The van der Waals surface area contributed by atoms with Crippen LogP contribution in [0.2, 0.25) is 10.0 Å². The van der Waals surface area contributed by atoms with Crippen molar-refractivity contribution < 1.29 is 4.79 Å². The number of hydrogen-bond donors (Lipinski definition) is 0. The molecule has 2 aromatic rings. The second kappa shape index (κ2) is 5.21. The van der Waals surface area contributed by atoms with Gasteiger partial charge in [-0.3, -0.25) is 4.79 Å². The number of carbonyl (C=O) groups is 1. The van der Waals surface area contributed by atoms with Gasteiger partial charge in [-0.05, 0) is 47.7 Å². The fraction of sp³-hybridized carbons (Fsp3) is 0.154.